The van der Waals surface area contributed by atoms with Crippen molar-refractivity contribution in [3.8, 4) is 0 Å². The van der Waals surface area contributed by atoms with Crippen molar-refractivity contribution in [3.05, 3.63) is 13.2 Å². The third kappa shape index (κ3) is 6010. The van der Waals surface area contributed by atoms with Crippen LogP contribution in [-0.4, -0.2) is 4.66 Å². The van der Waals surface area contributed by atoms with Crippen molar-refractivity contribution in [2.45, 2.75) is 0 Å². The van der Waals surface area contributed by atoms with Crippen LogP contribution in [0.5, 0.6) is 0 Å². The lowest BCUT2D eigenvalue weighted by Gasteiger charge is -1.46. The summed E-state index contributed by atoms with van der Waals surface area (Å²) < 4.78 is 15.2. The van der Waals surface area contributed by atoms with Gasteiger partial charge in [-0.1, -0.05) is 0 Å². The molecule has 0 aliphatic heterocycles. The van der Waals surface area contributed by atoms with Gasteiger partial charge in [-0.05, 0) is 0 Å². The average molecular weight is 96.5 g/mol. The third-order valence-electron chi connectivity index (χ3n) is 0. The van der Waals surface area contributed by atoms with E-state index in [0.717, 1.165) is 0 Å². The van der Waals surface area contributed by atoms with Crippen molar-refractivity contribution >= 4 is 0 Å². The van der Waals surface area contributed by atoms with Crippen LogP contribution in [0.15, 0.2) is 13.2 Å². The summed E-state index contributed by atoms with van der Waals surface area (Å²) in [5.74, 6) is 0. The summed E-state index contributed by atoms with van der Waals surface area (Å²) in [5, 5.41) is 0. The number of hydrogen-bond acceptors (Lipinski definition) is 2. The molecule has 0 heterocycles. The Morgan fingerprint density at radius 1 is 1.60 bits per heavy atom. The molecule has 0 saturated heterocycles. The molecule has 0 aromatic rings. The van der Waals surface area contributed by atoms with Gasteiger partial charge in [0.05, 0.1) is 0 Å². The maximum atomic E-state index is 8.35. The van der Waals surface area contributed by atoms with Crippen molar-refractivity contribution in [1.82, 2.24) is 0 Å². The van der Waals surface area contributed by atoms with E-state index in [1.54, 1.807) is 0 Å². The van der Waals surface area contributed by atoms with Gasteiger partial charge in [0.1, 0.15) is 0 Å². The molecular formula is C2H5ClO2. The van der Waals surface area contributed by atoms with Gasteiger partial charge in [-0.3, -0.25) is 0 Å². The first kappa shape index (κ1) is 8.87. The topological polar surface area (TPSA) is 43.3 Å². The summed E-state index contributed by atoms with van der Waals surface area (Å²) in [6.45, 7) is 6.00. The minimum Gasteiger partial charge on any atom is -0.506 e. The van der Waals surface area contributed by atoms with E-state index in [-0.39, 0.29) is 11.3 Å². The molecule has 32 valence electrons. The number of halogens is 1. The van der Waals surface area contributed by atoms with Crippen LogP contribution in [0.25, 0.3) is 0 Å². The first-order valence-electron chi connectivity index (χ1n) is 0.823. The van der Waals surface area contributed by atoms with Crippen molar-refractivity contribution < 1.29 is 20.6 Å². The summed E-state index contributed by atoms with van der Waals surface area (Å²) in [6, 6.07) is 0. The zero-order valence-corrected chi connectivity index (χ0v) is 3.40. The second-order valence-electron chi connectivity index (χ2n) is 0.0690. The summed E-state index contributed by atoms with van der Waals surface area (Å²) in [6.07, 6.45) is 0. The van der Waals surface area contributed by atoms with E-state index in [9.17, 15) is 0 Å². The fourth-order valence-electron chi connectivity index (χ4n) is 0. The van der Waals surface area contributed by atoms with Crippen molar-refractivity contribution in [2.24, 2.45) is 0 Å². The maximum absolute atomic E-state index is 8.35. The van der Waals surface area contributed by atoms with Crippen LogP contribution in [0.4, 0.5) is 0 Å². The molecule has 0 saturated carbocycles. The van der Waals surface area contributed by atoms with Crippen molar-refractivity contribution in [3.63, 3.8) is 0 Å². The molecular weight excluding hydrogens is 91.5 g/mol. The molecule has 0 rings (SSSR count). The van der Waals surface area contributed by atoms with E-state index < -0.39 is 0 Å². The molecule has 0 atom stereocenters. The summed E-state index contributed by atoms with van der Waals surface area (Å²) in [5.41, 5.74) is 0. The smallest absolute Gasteiger partial charge is 0.327 e. The number of rotatable bonds is 0. The summed E-state index contributed by atoms with van der Waals surface area (Å²) >= 11 is -0.167. The van der Waals surface area contributed by atoms with Crippen LogP contribution in [-0.2, 0) is 0 Å². The van der Waals surface area contributed by atoms with Crippen molar-refractivity contribution in [1.29, 1.82) is 0 Å². The fraction of sp³-hybridized carbons (Fsp3) is 0. The Kier molecular flexibility index (Phi) is 67.6. The quantitative estimate of drug-likeness (QED) is 0.396. The van der Waals surface area contributed by atoms with Crippen LogP contribution in [0.3, 0.4) is 0 Å². The Bertz CT molecular complexity index is 11.6. The molecule has 0 unspecified atom stereocenters. The van der Waals surface area contributed by atoms with Crippen LogP contribution >= 0.6 is 0 Å². The van der Waals surface area contributed by atoms with Gasteiger partial charge < -0.3 is 4.66 Å². The predicted molar refractivity (Wildman–Crippen MR) is 13.5 cm³/mol. The van der Waals surface area contributed by atoms with Crippen LogP contribution in [0.1, 0.15) is 0 Å². The van der Waals surface area contributed by atoms with Gasteiger partial charge >= 0.3 is 11.3 Å². The molecule has 2 nitrogen and oxygen atoms in total. The third-order valence-corrected chi connectivity index (χ3v) is 0. The van der Waals surface area contributed by atoms with Gasteiger partial charge in [0.2, 0.25) is 0 Å². The molecule has 3 heteroatoms. The molecule has 0 bridgehead atoms. The van der Waals surface area contributed by atoms with Gasteiger partial charge in [-0.25, -0.2) is 0 Å². The van der Waals surface area contributed by atoms with Crippen LogP contribution < -0.4 is 4.66 Å². The first-order chi connectivity index (χ1) is 2.41. The number of hydrogen-bond donors (Lipinski definition) is 1. The van der Waals surface area contributed by atoms with Crippen molar-refractivity contribution in [2.75, 3.05) is 0 Å². The van der Waals surface area contributed by atoms with Gasteiger partial charge in [-0.2, -0.15) is 0 Å². The average Bonchev–Trinajstić information content (AvgIpc) is 1.46. The molecule has 0 aliphatic carbocycles. The normalized spacial score (nSPS) is 4.40. The first-order valence-corrected chi connectivity index (χ1v) is 1.47. The Morgan fingerprint density at radius 3 is 1.60 bits per heavy atom. The van der Waals surface area contributed by atoms with E-state index in [4.69, 9.17) is 9.32 Å². The summed E-state index contributed by atoms with van der Waals surface area (Å²) in [7, 11) is 0. The molecule has 5 heavy (non-hydrogen) atoms. The SMILES string of the molecule is C=C.[O-][Cl+]O. The lowest BCUT2D eigenvalue weighted by molar-refractivity contribution is -1.27. The highest BCUT2D eigenvalue weighted by Gasteiger charge is 1.47. The fourth-order valence-corrected chi connectivity index (χ4v) is 0. The summed E-state index contributed by atoms with van der Waals surface area (Å²) in [4.78, 5) is 0. The Hall–Kier alpha value is -0.0500. The molecule has 0 spiro atoms. The minimum atomic E-state index is -0.167. The van der Waals surface area contributed by atoms with E-state index in [0.29, 0.717) is 0 Å². The highest BCUT2D eigenvalue weighted by Crippen LogP contribution is 1.13. The molecule has 0 fully saturated rings. The predicted octanol–water partition coefficient (Wildman–Crippen LogP) is -0.944. The van der Waals surface area contributed by atoms with E-state index >= 15 is 0 Å². The largest absolute Gasteiger partial charge is 0.506 e. The molecule has 0 aromatic carbocycles. The molecule has 0 aliphatic rings. The zero-order valence-electron chi connectivity index (χ0n) is 2.65. The zero-order chi connectivity index (χ0) is 4.71. The second-order valence-corrected chi connectivity index (χ2v) is 0.207. The maximum Gasteiger partial charge on any atom is 0.327 e. The monoisotopic (exact) mass is 96.0 g/mol. The Balaban J connectivity index is 0. The van der Waals surface area contributed by atoms with Gasteiger partial charge in [0.25, 0.3) is 0 Å². The van der Waals surface area contributed by atoms with Gasteiger partial charge in [0.15, 0.2) is 0 Å². The van der Waals surface area contributed by atoms with Gasteiger partial charge in [-0.15, -0.1) is 17.8 Å². The highest BCUT2D eigenvalue weighted by molar-refractivity contribution is 4.22. The molecule has 0 amide bonds. The lowest BCUT2D eigenvalue weighted by atomic mass is 11.3. The second kappa shape index (κ2) is 38.1. The Labute approximate surface area is 34.8 Å². The van der Waals surface area contributed by atoms with E-state index in [1.165, 1.54) is 0 Å². The van der Waals surface area contributed by atoms with E-state index in [1.807, 2.05) is 0 Å². The highest BCUT2D eigenvalue weighted by atomic mass is 35.6. The van der Waals surface area contributed by atoms with E-state index in [2.05, 4.69) is 13.2 Å². The van der Waals surface area contributed by atoms with Gasteiger partial charge in [0, 0.05) is 0 Å². The molecule has 0 aromatic heterocycles. The van der Waals surface area contributed by atoms with Crippen LogP contribution in [0, 0.1) is 11.3 Å². The minimum absolute atomic E-state index is 0.167. The Morgan fingerprint density at radius 2 is 1.60 bits per heavy atom. The van der Waals surface area contributed by atoms with Crippen LogP contribution in [0.2, 0.25) is 0 Å². The molecule has 0 radical (unpaired) electrons. The lowest BCUT2D eigenvalue weighted by Crippen LogP contribution is -1.94. The standard InChI is InChI=1S/C2H4.ClHO2/c1-2;2-1-3/h1-2H2;2H. The molecule has 1 N–H and O–H groups in total.